The van der Waals surface area contributed by atoms with Gasteiger partial charge in [0.1, 0.15) is 11.2 Å². The van der Waals surface area contributed by atoms with Crippen LogP contribution in [0, 0.1) is 13.0 Å². The van der Waals surface area contributed by atoms with E-state index in [1.807, 2.05) is 24.4 Å². The molecule has 1 radical (unpaired) electrons. The minimum atomic E-state index is 0. The summed E-state index contributed by atoms with van der Waals surface area (Å²) in [7, 11) is 0. The quantitative estimate of drug-likeness (QED) is 0.173. The van der Waals surface area contributed by atoms with Crippen molar-refractivity contribution >= 4 is 43.7 Å². The van der Waals surface area contributed by atoms with Crippen molar-refractivity contribution in [2.75, 3.05) is 0 Å². The van der Waals surface area contributed by atoms with Gasteiger partial charge in [-0.1, -0.05) is 66.2 Å². The Hall–Kier alpha value is -4.50. The average molecular weight is 692 g/mol. The van der Waals surface area contributed by atoms with Gasteiger partial charge in [0, 0.05) is 53.9 Å². The van der Waals surface area contributed by atoms with E-state index in [0.717, 1.165) is 55.5 Å². The minimum absolute atomic E-state index is 0. The molecule has 0 aliphatic rings. The molecular weight excluding hydrogens is 669 g/mol. The standard InChI is InChI=1S/C36H23N2O.Ir/c1-23-9-8-18-37-36(23)26-12-7-13-27(19-26)38-32-15-6-5-14-28(32)29-21-31-30-20-25(24-10-3-2-4-11-24)16-17-34(30)39-35(31)22-33(29)38;/h2-11,13-22H,1H3;/q-1;. The van der Waals surface area contributed by atoms with Crippen molar-refractivity contribution in [2.45, 2.75) is 6.92 Å². The molecule has 8 rings (SSSR count). The number of fused-ring (bicyclic) bond motifs is 6. The average Bonchev–Trinajstić information content (AvgIpc) is 3.51. The van der Waals surface area contributed by atoms with E-state index in [1.54, 1.807) is 0 Å². The Morgan fingerprint density at radius 3 is 2.35 bits per heavy atom. The Labute approximate surface area is 245 Å². The van der Waals surface area contributed by atoms with Crippen molar-refractivity contribution < 1.29 is 24.5 Å². The predicted molar refractivity (Wildman–Crippen MR) is 160 cm³/mol. The molecule has 3 heterocycles. The molecule has 0 atom stereocenters. The zero-order valence-electron chi connectivity index (χ0n) is 21.7. The molecule has 4 heteroatoms. The molecule has 5 aromatic carbocycles. The third kappa shape index (κ3) is 3.80. The summed E-state index contributed by atoms with van der Waals surface area (Å²) in [5.74, 6) is 0. The Bertz CT molecular complexity index is 2190. The summed E-state index contributed by atoms with van der Waals surface area (Å²) in [5.41, 5.74) is 10.6. The van der Waals surface area contributed by atoms with Gasteiger partial charge < -0.3 is 14.0 Å². The van der Waals surface area contributed by atoms with E-state index in [1.165, 1.54) is 21.9 Å². The molecule has 0 saturated heterocycles. The summed E-state index contributed by atoms with van der Waals surface area (Å²) in [5, 5.41) is 4.68. The molecule has 0 bridgehead atoms. The van der Waals surface area contributed by atoms with Crippen LogP contribution in [0.1, 0.15) is 5.56 Å². The molecule has 0 unspecified atom stereocenters. The minimum Gasteiger partial charge on any atom is -0.456 e. The number of furan rings is 1. The topological polar surface area (TPSA) is 31.0 Å². The number of para-hydroxylation sites is 1. The number of hydrogen-bond donors (Lipinski definition) is 0. The molecule has 8 aromatic rings. The van der Waals surface area contributed by atoms with E-state index in [9.17, 15) is 0 Å². The van der Waals surface area contributed by atoms with Crippen molar-refractivity contribution in [2.24, 2.45) is 0 Å². The zero-order chi connectivity index (χ0) is 25.9. The molecule has 3 nitrogen and oxygen atoms in total. The van der Waals surface area contributed by atoms with Crippen LogP contribution in [0.25, 0.3) is 71.8 Å². The van der Waals surface area contributed by atoms with Gasteiger partial charge in [-0.2, -0.15) is 0 Å². The maximum absolute atomic E-state index is 6.42. The summed E-state index contributed by atoms with van der Waals surface area (Å²) in [6, 6.07) is 43.8. The molecule has 3 aromatic heterocycles. The van der Waals surface area contributed by atoms with Gasteiger partial charge >= 0.3 is 0 Å². The van der Waals surface area contributed by atoms with Crippen LogP contribution in [-0.2, 0) is 20.1 Å². The number of nitrogens with zero attached hydrogens (tertiary/aromatic N) is 2. The van der Waals surface area contributed by atoms with Crippen molar-refractivity contribution in [3.8, 4) is 28.1 Å². The number of pyridine rings is 1. The van der Waals surface area contributed by atoms with E-state index in [0.29, 0.717) is 0 Å². The van der Waals surface area contributed by atoms with Gasteiger partial charge in [0.2, 0.25) is 0 Å². The fourth-order valence-corrected chi connectivity index (χ4v) is 5.83. The van der Waals surface area contributed by atoms with Crippen LogP contribution in [0.15, 0.2) is 126 Å². The van der Waals surface area contributed by atoms with E-state index in [2.05, 4.69) is 120 Å². The Balaban J connectivity index is 0.00000264. The fourth-order valence-electron chi connectivity index (χ4n) is 5.83. The van der Waals surface area contributed by atoms with Crippen molar-refractivity contribution in [3.05, 3.63) is 133 Å². The number of aromatic nitrogens is 2. The fraction of sp³-hybridized carbons (Fsp3) is 0.0278. The first-order chi connectivity index (χ1) is 19.2. The summed E-state index contributed by atoms with van der Waals surface area (Å²) in [6.45, 7) is 2.09. The van der Waals surface area contributed by atoms with Crippen LogP contribution in [0.3, 0.4) is 0 Å². The van der Waals surface area contributed by atoms with Gasteiger partial charge in [0.25, 0.3) is 0 Å². The first-order valence-corrected chi connectivity index (χ1v) is 13.1. The maximum Gasteiger partial charge on any atom is 0.137 e. The molecule has 0 fully saturated rings. The number of aryl methyl sites for hydroxylation is 1. The third-order valence-corrected chi connectivity index (χ3v) is 7.68. The number of hydrogen-bond acceptors (Lipinski definition) is 2. The zero-order valence-corrected chi connectivity index (χ0v) is 24.1. The number of benzene rings is 5. The second-order valence-corrected chi connectivity index (χ2v) is 10.0. The molecule has 0 N–H and O–H groups in total. The van der Waals surface area contributed by atoms with Crippen LogP contribution in [0.5, 0.6) is 0 Å². The van der Waals surface area contributed by atoms with Gasteiger partial charge in [-0.25, -0.2) is 0 Å². The summed E-state index contributed by atoms with van der Waals surface area (Å²) >= 11 is 0. The van der Waals surface area contributed by atoms with Crippen LogP contribution in [0.2, 0.25) is 0 Å². The first-order valence-electron chi connectivity index (χ1n) is 13.1. The predicted octanol–water partition coefficient (Wildman–Crippen LogP) is 9.52. The van der Waals surface area contributed by atoms with E-state index in [4.69, 9.17) is 4.42 Å². The Morgan fingerprint density at radius 1 is 0.650 bits per heavy atom. The van der Waals surface area contributed by atoms with Crippen LogP contribution < -0.4 is 0 Å². The monoisotopic (exact) mass is 692 g/mol. The Kier molecular flexibility index (Phi) is 5.89. The Morgan fingerprint density at radius 2 is 1.48 bits per heavy atom. The first kappa shape index (κ1) is 24.5. The van der Waals surface area contributed by atoms with E-state index < -0.39 is 0 Å². The van der Waals surface area contributed by atoms with Crippen molar-refractivity contribution in [1.29, 1.82) is 0 Å². The van der Waals surface area contributed by atoms with Crippen molar-refractivity contribution in [3.63, 3.8) is 0 Å². The second-order valence-electron chi connectivity index (χ2n) is 10.0. The molecular formula is C36H23IrN2O-. The van der Waals surface area contributed by atoms with Gasteiger partial charge in [-0.3, -0.25) is 0 Å². The van der Waals surface area contributed by atoms with E-state index in [-0.39, 0.29) is 20.1 Å². The summed E-state index contributed by atoms with van der Waals surface area (Å²) < 4.78 is 8.74. The molecule has 40 heavy (non-hydrogen) atoms. The normalized spacial score (nSPS) is 11.4. The summed E-state index contributed by atoms with van der Waals surface area (Å²) in [4.78, 5) is 4.63. The van der Waals surface area contributed by atoms with Crippen molar-refractivity contribution in [1.82, 2.24) is 9.55 Å². The number of rotatable bonds is 3. The summed E-state index contributed by atoms with van der Waals surface area (Å²) in [6.07, 6.45) is 1.84. The SMILES string of the molecule is Cc1cccnc1-c1[c-]ccc(-n2c3ccccc3c3cc4c(cc32)oc2ccc(-c3ccccc3)cc24)c1.[Ir]. The van der Waals surface area contributed by atoms with Crippen LogP contribution in [-0.4, -0.2) is 9.55 Å². The largest absolute Gasteiger partial charge is 0.456 e. The second kappa shape index (κ2) is 9.60. The van der Waals surface area contributed by atoms with Crippen LogP contribution >= 0.6 is 0 Å². The molecule has 0 aliphatic carbocycles. The van der Waals surface area contributed by atoms with E-state index >= 15 is 0 Å². The van der Waals surface area contributed by atoms with Gasteiger partial charge in [0.05, 0.1) is 11.0 Å². The molecule has 0 amide bonds. The van der Waals surface area contributed by atoms with Gasteiger partial charge in [0.15, 0.2) is 0 Å². The third-order valence-electron chi connectivity index (χ3n) is 7.68. The van der Waals surface area contributed by atoms with Gasteiger partial charge in [-0.15, -0.1) is 29.8 Å². The molecule has 0 spiro atoms. The van der Waals surface area contributed by atoms with Crippen LogP contribution in [0.4, 0.5) is 0 Å². The molecule has 193 valence electrons. The molecule has 0 saturated carbocycles. The smallest absolute Gasteiger partial charge is 0.137 e. The maximum atomic E-state index is 6.42. The van der Waals surface area contributed by atoms with Gasteiger partial charge in [-0.05, 0) is 59.8 Å². The molecule has 0 aliphatic heterocycles.